The van der Waals surface area contributed by atoms with E-state index < -0.39 is 0 Å². The molecule has 1 N–H and O–H groups in total. The van der Waals surface area contributed by atoms with Gasteiger partial charge < -0.3 is 9.84 Å². The summed E-state index contributed by atoms with van der Waals surface area (Å²) >= 11 is 0. The molecular weight excluding hydrogens is 284 g/mol. The zero-order valence-corrected chi connectivity index (χ0v) is 15.0. The number of allylic oxidation sites excluding steroid dienone is 1. The number of phenolic OH excluding ortho intramolecular Hbond substituents is 1. The van der Waals surface area contributed by atoms with Crippen molar-refractivity contribution >= 4 is 0 Å². The molecule has 3 rings (SSSR count). The van der Waals surface area contributed by atoms with Crippen LogP contribution in [0.3, 0.4) is 0 Å². The van der Waals surface area contributed by atoms with Crippen molar-refractivity contribution in [1.82, 2.24) is 0 Å². The first-order valence-electron chi connectivity index (χ1n) is 9.17. The van der Waals surface area contributed by atoms with Crippen molar-refractivity contribution < 1.29 is 9.84 Å². The summed E-state index contributed by atoms with van der Waals surface area (Å²) in [6.07, 6.45) is 9.35. The third-order valence-corrected chi connectivity index (χ3v) is 5.53. The van der Waals surface area contributed by atoms with Crippen LogP contribution in [-0.4, -0.2) is 11.2 Å². The van der Waals surface area contributed by atoms with Crippen LogP contribution in [0.25, 0.3) is 0 Å². The molecule has 0 saturated heterocycles. The number of unbranched alkanes of at least 4 members (excludes halogenated alkanes) is 2. The summed E-state index contributed by atoms with van der Waals surface area (Å²) in [4.78, 5) is 0. The molecule has 0 spiro atoms. The molecule has 0 bridgehead atoms. The topological polar surface area (TPSA) is 29.5 Å². The van der Waals surface area contributed by atoms with Gasteiger partial charge in [-0.15, -0.1) is 0 Å². The number of hydrogen-bond acceptors (Lipinski definition) is 2. The number of aromatic hydroxyl groups is 1. The van der Waals surface area contributed by atoms with Crippen LogP contribution in [0, 0.1) is 5.92 Å². The van der Waals surface area contributed by atoms with Gasteiger partial charge in [0.25, 0.3) is 0 Å². The van der Waals surface area contributed by atoms with Crippen LogP contribution < -0.4 is 4.74 Å². The molecule has 2 aliphatic rings. The molecule has 0 amide bonds. The SMILES string of the molecule is CCCCCc1cc(O)c2c(c1)O[C@H]1C[C@H](C)CC=C1C2(C)C. The van der Waals surface area contributed by atoms with Crippen molar-refractivity contribution in [3.8, 4) is 11.5 Å². The maximum Gasteiger partial charge on any atom is 0.128 e. The highest BCUT2D eigenvalue weighted by Crippen LogP contribution is 2.51. The minimum absolute atomic E-state index is 0.148. The highest BCUT2D eigenvalue weighted by molar-refractivity contribution is 5.57. The van der Waals surface area contributed by atoms with E-state index in [1.165, 1.54) is 30.4 Å². The van der Waals surface area contributed by atoms with E-state index in [-0.39, 0.29) is 11.5 Å². The molecule has 23 heavy (non-hydrogen) atoms. The average Bonchev–Trinajstić information content (AvgIpc) is 2.46. The van der Waals surface area contributed by atoms with E-state index in [4.69, 9.17) is 4.74 Å². The third kappa shape index (κ3) is 3.00. The van der Waals surface area contributed by atoms with Crippen molar-refractivity contribution in [2.24, 2.45) is 5.92 Å². The number of ether oxygens (including phenoxy) is 1. The minimum Gasteiger partial charge on any atom is -0.507 e. The molecule has 0 unspecified atom stereocenters. The third-order valence-electron chi connectivity index (χ3n) is 5.53. The van der Waals surface area contributed by atoms with E-state index in [1.54, 1.807) is 0 Å². The van der Waals surface area contributed by atoms with E-state index in [0.717, 1.165) is 30.6 Å². The Labute approximate surface area is 140 Å². The molecule has 1 aromatic carbocycles. The molecule has 2 atom stereocenters. The summed E-state index contributed by atoms with van der Waals surface area (Å²) in [7, 11) is 0. The summed E-state index contributed by atoms with van der Waals surface area (Å²) in [5, 5.41) is 10.7. The van der Waals surface area contributed by atoms with Gasteiger partial charge in [0.15, 0.2) is 0 Å². The Bertz CT molecular complexity index is 613. The summed E-state index contributed by atoms with van der Waals surface area (Å²) in [5.74, 6) is 1.97. The van der Waals surface area contributed by atoms with Crippen LogP contribution in [0.5, 0.6) is 11.5 Å². The number of benzene rings is 1. The van der Waals surface area contributed by atoms with E-state index in [9.17, 15) is 5.11 Å². The molecule has 126 valence electrons. The van der Waals surface area contributed by atoms with Crippen molar-refractivity contribution in [2.75, 3.05) is 0 Å². The number of phenols is 1. The first-order valence-corrected chi connectivity index (χ1v) is 9.17. The summed E-state index contributed by atoms with van der Waals surface area (Å²) in [6.45, 7) is 8.95. The lowest BCUT2D eigenvalue weighted by Crippen LogP contribution is -2.40. The molecule has 0 fully saturated rings. The highest BCUT2D eigenvalue weighted by Gasteiger charge is 2.42. The van der Waals surface area contributed by atoms with E-state index in [0.29, 0.717) is 11.7 Å². The highest BCUT2D eigenvalue weighted by atomic mass is 16.5. The van der Waals surface area contributed by atoms with Gasteiger partial charge in [-0.1, -0.05) is 46.6 Å². The largest absolute Gasteiger partial charge is 0.507 e. The lowest BCUT2D eigenvalue weighted by molar-refractivity contribution is 0.156. The first-order chi connectivity index (χ1) is 10.9. The maximum absolute atomic E-state index is 10.7. The summed E-state index contributed by atoms with van der Waals surface area (Å²) in [5.41, 5.74) is 3.36. The van der Waals surface area contributed by atoms with Crippen LogP contribution in [-0.2, 0) is 11.8 Å². The standard InChI is InChI=1S/C21H30O2/c1-5-6-7-8-15-12-17(22)20-19(13-15)23-18-11-14(2)9-10-16(18)21(20,3)4/h10,12-14,18,22H,5-9,11H2,1-4H3/t14-,18+/m1/s1. The van der Waals surface area contributed by atoms with Gasteiger partial charge in [-0.3, -0.25) is 0 Å². The Hall–Kier alpha value is -1.44. The van der Waals surface area contributed by atoms with Crippen molar-refractivity contribution in [3.05, 3.63) is 34.9 Å². The molecule has 1 aliphatic carbocycles. The Morgan fingerprint density at radius 3 is 2.78 bits per heavy atom. The van der Waals surface area contributed by atoms with Crippen LogP contribution in [0.4, 0.5) is 0 Å². The summed E-state index contributed by atoms with van der Waals surface area (Å²) < 4.78 is 6.34. The van der Waals surface area contributed by atoms with Crippen molar-refractivity contribution in [3.63, 3.8) is 0 Å². The quantitative estimate of drug-likeness (QED) is 0.585. The molecule has 2 nitrogen and oxygen atoms in total. The Morgan fingerprint density at radius 1 is 1.26 bits per heavy atom. The summed E-state index contributed by atoms with van der Waals surface area (Å²) in [6, 6.07) is 4.12. The molecule has 0 aromatic heterocycles. The van der Waals surface area contributed by atoms with Gasteiger partial charge in [-0.2, -0.15) is 0 Å². The average molecular weight is 314 g/mol. The normalized spacial score (nSPS) is 25.1. The lowest BCUT2D eigenvalue weighted by atomic mass is 9.68. The Morgan fingerprint density at radius 2 is 2.04 bits per heavy atom. The fraction of sp³-hybridized carbons (Fsp3) is 0.619. The van der Waals surface area contributed by atoms with Gasteiger partial charge in [-0.05, 0) is 54.9 Å². The Kier molecular flexibility index (Phi) is 4.44. The molecule has 2 heteroatoms. The zero-order chi connectivity index (χ0) is 16.6. The van der Waals surface area contributed by atoms with Gasteiger partial charge in [-0.25, -0.2) is 0 Å². The number of fused-ring (bicyclic) bond motifs is 2. The van der Waals surface area contributed by atoms with Crippen LogP contribution >= 0.6 is 0 Å². The van der Waals surface area contributed by atoms with Crippen LogP contribution in [0.2, 0.25) is 0 Å². The van der Waals surface area contributed by atoms with Crippen molar-refractivity contribution in [2.45, 2.75) is 77.7 Å². The maximum atomic E-state index is 10.7. The predicted octanol–water partition coefficient (Wildman–Crippen LogP) is 5.52. The number of hydrogen-bond donors (Lipinski definition) is 1. The smallest absolute Gasteiger partial charge is 0.128 e. The van der Waals surface area contributed by atoms with Gasteiger partial charge in [0, 0.05) is 11.0 Å². The monoisotopic (exact) mass is 314 g/mol. The lowest BCUT2D eigenvalue weighted by Gasteiger charge is -2.43. The van der Waals surface area contributed by atoms with Crippen LogP contribution in [0.1, 0.15) is 70.9 Å². The van der Waals surface area contributed by atoms with E-state index >= 15 is 0 Å². The zero-order valence-electron chi connectivity index (χ0n) is 15.0. The minimum atomic E-state index is -0.148. The Balaban J connectivity index is 1.97. The number of rotatable bonds is 4. The van der Waals surface area contributed by atoms with Crippen LogP contribution in [0.15, 0.2) is 23.8 Å². The molecule has 0 radical (unpaired) electrons. The number of aryl methyl sites for hydroxylation is 1. The molecule has 1 aliphatic heterocycles. The second kappa shape index (κ2) is 6.22. The first kappa shape index (κ1) is 16.4. The molecule has 0 saturated carbocycles. The molecule has 1 heterocycles. The predicted molar refractivity (Wildman–Crippen MR) is 95.3 cm³/mol. The van der Waals surface area contributed by atoms with Gasteiger partial charge in [0.2, 0.25) is 0 Å². The molecule has 1 aromatic rings. The second-order valence-electron chi connectivity index (χ2n) is 7.91. The van der Waals surface area contributed by atoms with Gasteiger partial charge in [0.05, 0.1) is 0 Å². The van der Waals surface area contributed by atoms with E-state index in [2.05, 4.69) is 39.8 Å². The fourth-order valence-corrected chi connectivity index (χ4v) is 4.22. The fourth-order valence-electron chi connectivity index (χ4n) is 4.22. The molecular formula is C21H30O2. The van der Waals surface area contributed by atoms with Crippen molar-refractivity contribution in [1.29, 1.82) is 0 Å². The second-order valence-corrected chi connectivity index (χ2v) is 7.91. The van der Waals surface area contributed by atoms with E-state index in [1.807, 2.05) is 6.07 Å². The van der Waals surface area contributed by atoms with Gasteiger partial charge >= 0.3 is 0 Å². The van der Waals surface area contributed by atoms with Gasteiger partial charge in [0.1, 0.15) is 17.6 Å².